The van der Waals surface area contributed by atoms with Crippen molar-refractivity contribution in [1.29, 1.82) is 0 Å². The van der Waals surface area contributed by atoms with Gasteiger partial charge in [-0.25, -0.2) is 29.1 Å². The Balaban J connectivity index is 0.758. The number of primary amides is 2. The third-order valence-electron chi connectivity index (χ3n) is 19.6. The summed E-state index contributed by atoms with van der Waals surface area (Å²) in [6.07, 6.45) is 9.09. The van der Waals surface area contributed by atoms with Crippen molar-refractivity contribution >= 4 is 102 Å². The van der Waals surface area contributed by atoms with Gasteiger partial charge in [-0.2, -0.15) is 13.5 Å². The molecule has 28 nitrogen and oxygen atoms in total. The van der Waals surface area contributed by atoms with Crippen LogP contribution in [0.15, 0.2) is 97.2 Å². The van der Waals surface area contributed by atoms with Crippen LogP contribution in [0.2, 0.25) is 0 Å². The third kappa shape index (κ3) is 16.1. The maximum absolute atomic E-state index is 14.7. The zero-order valence-corrected chi connectivity index (χ0v) is 58.0. The predicted octanol–water partition coefficient (Wildman–Crippen LogP) is 7.97. The summed E-state index contributed by atoms with van der Waals surface area (Å²) in [5.74, 6) is -6.03. The van der Waals surface area contributed by atoms with Crippen molar-refractivity contribution in [2.45, 2.75) is 136 Å². The number of benzene rings is 3. The van der Waals surface area contributed by atoms with Gasteiger partial charge >= 0.3 is 24.1 Å². The van der Waals surface area contributed by atoms with Gasteiger partial charge in [0.25, 0.3) is 27.8 Å². The highest BCUT2D eigenvalue weighted by Crippen LogP contribution is 2.72. The number of fused-ring (bicyclic) bond motifs is 2. The van der Waals surface area contributed by atoms with Crippen LogP contribution in [-0.2, 0) is 63.1 Å². The molecule has 4 bridgehead atoms. The topological polar surface area (TPSA) is 391 Å². The summed E-state index contributed by atoms with van der Waals surface area (Å²) in [6, 6.07) is 19.3. The number of carbonyl (C=O) groups is 9. The van der Waals surface area contributed by atoms with Gasteiger partial charge in [0.15, 0.2) is 10.8 Å². The van der Waals surface area contributed by atoms with E-state index < -0.39 is 93.6 Å². The Kier molecular flexibility index (Phi) is 20.7. The Morgan fingerprint density at radius 2 is 1.58 bits per heavy atom. The van der Waals surface area contributed by atoms with E-state index in [4.69, 9.17) is 31.0 Å². The van der Waals surface area contributed by atoms with Gasteiger partial charge in [0, 0.05) is 91.6 Å². The number of nitrogens with two attached hydrogens (primary N) is 2. The van der Waals surface area contributed by atoms with Crippen LogP contribution in [-0.4, -0.2) is 164 Å². The van der Waals surface area contributed by atoms with E-state index in [9.17, 15) is 61.2 Å². The first-order valence-electron chi connectivity index (χ1n) is 33.3. The molecule has 9 N–H and O–H groups in total. The minimum Gasteiger partial charge on any atom is -0.476 e. The lowest BCUT2D eigenvalue weighted by Crippen LogP contribution is -2.64. The summed E-state index contributed by atoms with van der Waals surface area (Å²) < 4.78 is 49.8. The minimum atomic E-state index is -4.55. The average molecular weight is 1410 g/mol. The number of nitrogens with zero attached hydrogens (tertiary/aromatic N) is 8. The molecule has 0 spiro atoms. The fourth-order valence-corrected chi connectivity index (χ4v) is 17.7. The normalized spacial score (nSPS) is 21.2. The highest BCUT2D eigenvalue weighted by Gasteiger charge is 2.66. The first kappa shape index (κ1) is 71.6. The number of thiazole rings is 1. The molecule has 30 heteroatoms. The SMILES string of the molecule is Cc1c(-c2ccc(-c3ccc4c(c3)N(C(=O)Nc3nc5ccccc5s3)CCC4)nc2C(=O)O)cnn1CC12CC3(C)CC(C)(C1)CC(OCCN(CCS(=O)(=O)O)C(=O)OCc1ccc(N(C(=O)[C@@H](NC(=O)CCN4C(=O)C=CC4=O)C(C)C)[C@@H](CCCNC(N)=O)C(N)=O)cc1)(C3)C2. The van der Waals surface area contributed by atoms with Crippen molar-refractivity contribution in [2.24, 2.45) is 33.6 Å². The third-order valence-corrected chi connectivity index (χ3v) is 21.3. The number of hydrogen-bond donors (Lipinski definition) is 7. The second-order valence-corrected chi connectivity index (χ2v) is 30.8. The zero-order chi connectivity index (χ0) is 71.6. The minimum absolute atomic E-state index is 0.00983. The molecule has 3 aromatic heterocycles. The van der Waals surface area contributed by atoms with Crippen LogP contribution in [0, 0.1) is 29.1 Å². The van der Waals surface area contributed by atoms with Gasteiger partial charge in [-0.15, -0.1) is 0 Å². The second-order valence-electron chi connectivity index (χ2n) is 28.2. The second kappa shape index (κ2) is 28.9. The number of amides is 10. The summed E-state index contributed by atoms with van der Waals surface area (Å²) in [4.78, 5) is 132. The molecule has 6 aliphatic rings. The molecule has 4 saturated carbocycles. The standard InChI is InChI=1S/C70H83N13O15S2/c1-42(2)58(77-55(84)24-27-81-56(85)22-23-57(81)86)61(88)83(52(60(71)87)12-8-25-73-63(72)91)47-18-14-44(15-19-47)34-97-66(93)79(29-31-100(94,95)96)28-30-98-70-38-67(4)35-68(5,39-70)37-69(36-67,40-70)41-82-43(3)49(33-74-82)48-20-21-50(75-59(48)62(89)90)46-17-16-45-10-9-26-80(53(45)32-46)65(92)78-64-76-51-11-6-7-13-54(51)99-64/h6-7,11,13-23,32-33,42,52,58H,8-10,12,24-31,34-41H2,1-5H3,(H2,71,87)(H,77,84)(H,89,90)(H3,72,73,91)(H,76,78,92)(H,94,95,96)/t52-,58-,67?,68?,69?,70?/m0/s1. The van der Waals surface area contributed by atoms with E-state index in [-0.39, 0.29) is 85.8 Å². The lowest BCUT2D eigenvalue weighted by atomic mass is 9.39. The number of anilines is 3. The van der Waals surface area contributed by atoms with Gasteiger partial charge in [-0.1, -0.05) is 75.4 Å². The molecule has 4 fully saturated rings. The smallest absolute Gasteiger partial charge is 0.410 e. The number of para-hydroxylation sites is 1. The lowest BCUT2D eigenvalue weighted by Gasteiger charge is -2.69. The first-order chi connectivity index (χ1) is 47.4. The number of carbonyl (C=O) groups excluding carboxylic acids is 8. The van der Waals surface area contributed by atoms with Crippen molar-refractivity contribution in [2.75, 3.05) is 60.2 Å². The number of aromatic carboxylic acids is 1. The molecule has 6 aromatic rings. The molecule has 2 aliphatic heterocycles. The van der Waals surface area contributed by atoms with E-state index in [1.165, 1.54) is 35.6 Å². The largest absolute Gasteiger partial charge is 0.476 e. The molecule has 5 heterocycles. The Morgan fingerprint density at radius 1 is 0.860 bits per heavy atom. The van der Waals surface area contributed by atoms with Crippen molar-refractivity contribution in [1.82, 2.24) is 40.2 Å². The Bertz CT molecular complexity index is 4290. The van der Waals surface area contributed by atoms with E-state index in [0.717, 1.165) is 93.3 Å². The summed E-state index contributed by atoms with van der Waals surface area (Å²) in [5.41, 5.74) is 15.7. The van der Waals surface area contributed by atoms with Crippen LogP contribution in [0.4, 0.5) is 30.9 Å². The number of carboxylic acid groups (broad SMARTS) is 1. The molecule has 3 aromatic carbocycles. The monoisotopic (exact) mass is 1410 g/mol. The number of urea groups is 2. The fraction of sp³-hybridized carbons (Fsp3) is 0.457. The molecule has 12 rings (SSSR count). The van der Waals surface area contributed by atoms with Gasteiger partial charge in [0.1, 0.15) is 18.7 Å². The van der Waals surface area contributed by atoms with Crippen LogP contribution in [0.1, 0.15) is 119 Å². The van der Waals surface area contributed by atoms with Gasteiger partial charge < -0.3 is 41.6 Å². The summed E-state index contributed by atoms with van der Waals surface area (Å²) in [7, 11) is -4.55. The Morgan fingerprint density at radius 3 is 2.25 bits per heavy atom. The van der Waals surface area contributed by atoms with Crippen LogP contribution in [0.3, 0.4) is 0 Å². The molecule has 0 saturated heterocycles. The molecule has 100 heavy (non-hydrogen) atoms. The number of aryl methyl sites for hydroxylation is 1. The van der Waals surface area contributed by atoms with E-state index in [1.807, 2.05) is 54.1 Å². The van der Waals surface area contributed by atoms with Crippen LogP contribution in [0.5, 0.6) is 0 Å². The fourth-order valence-electron chi connectivity index (χ4n) is 16.4. The molecule has 4 aliphatic carbocycles. The molecule has 10 amide bonds. The quantitative estimate of drug-likeness (QED) is 0.0139. The molecular weight excluding hydrogens is 1330 g/mol. The number of rotatable bonds is 28. The zero-order valence-electron chi connectivity index (χ0n) is 56.4. The van der Waals surface area contributed by atoms with E-state index in [1.54, 1.807) is 37.1 Å². The predicted molar refractivity (Wildman–Crippen MR) is 371 cm³/mol. The highest BCUT2D eigenvalue weighted by molar-refractivity contribution is 7.85. The summed E-state index contributed by atoms with van der Waals surface area (Å²) in [6.45, 7) is 9.69. The van der Waals surface area contributed by atoms with Gasteiger partial charge in [0.05, 0.1) is 40.1 Å². The van der Waals surface area contributed by atoms with Crippen LogP contribution >= 0.6 is 11.3 Å². The van der Waals surface area contributed by atoms with E-state index in [2.05, 4.69) is 34.8 Å². The Labute approximate surface area is 581 Å². The average Bonchev–Trinajstić information content (AvgIpc) is 0.704. The Hall–Kier alpha value is -9.65. The maximum Gasteiger partial charge on any atom is 0.410 e. The number of pyridine rings is 1. The lowest BCUT2D eigenvalue weighted by molar-refractivity contribution is -0.248. The maximum atomic E-state index is 14.7. The van der Waals surface area contributed by atoms with Crippen LogP contribution in [0.25, 0.3) is 32.6 Å². The summed E-state index contributed by atoms with van der Waals surface area (Å²) >= 11 is 1.39. The molecule has 530 valence electrons. The number of aromatic nitrogens is 4. The molecular formula is C70H83N13O15S2. The van der Waals surface area contributed by atoms with Crippen molar-refractivity contribution < 1.29 is 70.7 Å². The molecule has 0 radical (unpaired) electrons. The van der Waals surface area contributed by atoms with Gasteiger partial charge in [0.2, 0.25) is 11.8 Å². The van der Waals surface area contributed by atoms with Crippen molar-refractivity contribution in [3.05, 3.63) is 120 Å². The van der Waals surface area contributed by atoms with Crippen molar-refractivity contribution in [3.8, 4) is 22.4 Å². The number of hydrogen-bond acceptors (Lipinski definition) is 17. The number of imide groups is 1. The van der Waals surface area contributed by atoms with E-state index >= 15 is 0 Å². The van der Waals surface area contributed by atoms with Gasteiger partial charge in [-0.3, -0.25) is 53.2 Å². The molecule has 4 atom stereocenters. The number of carboxylic acids is 1. The van der Waals surface area contributed by atoms with Crippen molar-refractivity contribution in [3.63, 3.8) is 0 Å². The number of nitrogens with one attached hydrogen (secondary N) is 3. The number of ether oxygens (including phenoxy) is 2. The van der Waals surface area contributed by atoms with E-state index in [0.29, 0.717) is 58.3 Å². The van der Waals surface area contributed by atoms with Gasteiger partial charge in [-0.05, 0) is 147 Å². The van der Waals surface area contributed by atoms with Crippen LogP contribution < -0.4 is 37.2 Å². The summed E-state index contributed by atoms with van der Waals surface area (Å²) in [5, 5.41) is 24.3. The first-order valence-corrected chi connectivity index (χ1v) is 35.8. The highest BCUT2D eigenvalue weighted by atomic mass is 32.2. The molecule has 2 unspecified atom stereocenters.